The number of benzene rings is 2. The summed E-state index contributed by atoms with van der Waals surface area (Å²) < 4.78 is 10.9. The summed E-state index contributed by atoms with van der Waals surface area (Å²) in [5.41, 5.74) is 12.1. The minimum absolute atomic E-state index is 0.158. The Labute approximate surface area is 200 Å². The van der Waals surface area contributed by atoms with E-state index >= 15 is 0 Å². The van der Waals surface area contributed by atoms with E-state index in [0.717, 1.165) is 9.80 Å². The van der Waals surface area contributed by atoms with Gasteiger partial charge in [0.15, 0.2) is 0 Å². The summed E-state index contributed by atoms with van der Waals surface area (Å²) in [7, 11) is 0. The number of carbonyl (C=O) groups is 3. The second-order valence-corrected chi connectivity index (χ2v) is 9.91. The highest BCUT2D eigenvalue weighted by Crippen LogP contribution is 2.20. The summed E-state index contributed by atoms with van der Waals surface area (Å²) in [6.07, 6.45) is -1.80. The van der Waals surface area contributed by atoms with Gasteiger partial charge in [-0.3, -0.25) is 0 Å². The lowest BCUT2D eigenvalue weighted by Crippen LogP contribution is -2.50. The molecule has 0 aliphatic carbocycles. The van der Waals surface area contributed by atoms with Crippen LogP contribution in [0.1, 0.15) is 52.7 Å². The van der Waals surface area contributed by atoms with Gasteiger partial charge in [0.25, 0.3) is 0 Å². The van der Waals surface area contributed by atoms with Gasteiger partial charge < -0.3 is 20.9 Å². The van der Waals surface area contributed by atoms with Crippen molar-refractivity contribution in [1.29, 1.82) is 0 Å². The van der Waals surface area contributed by atoms with Crippen molar-refractivity contribution in [2.45, 2.75) is 65.8 Å². The fraction of sp³-hybridized carbons (Fsp3) is 0.400. The fourth-order valence-electron chi connectivity index (χ4n) is 2.95. The first-order valence-electron chi connectivity index (χ1n) is 10.9. The number of carbonyl (C=O) groups excluding carboxylic acids is 3. The number of anilines is 2. The first kappa shape index (κ1) is 26.5. The second kappa shape index (κ2) is 10.5. The molecule has 9 heteroatoms. The lowest BCUT2D eigenvalue weighted by Gasteiger charge is -2.31. The number of urea groups is 1. The largest absolute Gasteiger partial charge is 0.443 e. The highest BCUT2D eigenvalue weighted by atomic mass is 16.6. The molecule has 0 aromatic heterocycles. The zero-order valence-corrected chi connectivity index (χ0v) is 20.6. The minimum Gasteiger partial charge on any atom is -0.443 e. The first-order valence-corrected chi connectivity index (χ1v) is 10.9. The molecule has 0 radical (unpaired) electrons. The summed E-state index contributed by atoms with van der Waals surface area (Å²) in [6.45, 7) is 9.81. The summed E-state index contributed by atoms with van der Waals surface area (Å²) in [5.74, 6) is 0. The molecule has 0 atom stereocenters. The van der Waals surface area contributed by atoms with Crippen LogP contribution in [0.5, 0.6) is 0 Å². The van der Waals surface area contributed by atoms with Crippen LogP contribution in [0, 0.1) is 0 Å². The Balaban J connectivity index is 2.47. The molecule has 2 aromatic rings. The number of rotatable bonds is 4. The Morgan fingerprint density at radius 2 is 1.06 bits per heavy atom. The molecule has 0 heterocycles. The van der Waals surface area contributed by atoms with E-state index in [2.05, 4.69) is 0 Å². The van der Waals surface area contributed by atoms with Crippen molar-refractivity contribution in [3.05, 3.63) is 59.7 Å². The number of hydrogen-bond donors (Lipinski definition) is 2. The normalized spacial score (nSPS) is 11.5. The third kappa shape index (κ3) is 8.31. The molecule has 0 fully saturated rings. The molecule has 0 aliphatic rings. The number of amides is 4. The van der Waals surface area contributed by atoms with E-state index in [-0.39, 0.29) is 13.1 Å². The predicted molar refractivity (Wildman–Crippen MR) is 131 cm³/mol. The molecule has 4 N–H and O–H groups in total. The molecule has 0 unspecified atom stereocenters. The maximum absolute atomic E-state index is 13.7. The van der Waals surface area contributed by atoms with Crippen molar-refractivity contribution >= 4 is 29.6 Å². The van der Waals surface area contributed by atoms with Crippen LogP contribution in [0.4, 0.5) is 25.8 Å². The molecule has 0 saturated carbocycles. The third-order valence-electron chi connectivity index (χ3n) is 4.27. The van der Waals surface area contributed by atoms with Crippen molar-refractivity contribution in [2.24, 2.45) is 0 Å². The van der Waals surface area contributed by atoms with Crippen molar-refractivity contribution in [3.8, 4) is 0 Å². The van der Waals surface area contributed by atoms with Crippen molar-refractivity contribution in [3.63, 3.8) is 0 Å². The van der Waals surface area contributed by atoms with Crippen molar-refractivity contribution in [2.75, 3.05) is 11.5 Å². The topological polar surface area (TPSA) is 128 Å². The molecular formula is C25H34N4O5. The Morgan fingerprint density at radius 1 is 0.706 bits per heavy atom. The average molecular weight is 471 g/mol. The second-order valence-electron chi connectivity index (χ2n) is 9.91. The fourth-order valence-corrected chi connectivity index (χ4v) is 2.95. The van der Waals surface area contributed by atoms with E-state index in [1.165, 1.54) is 0 Å². The number of nitrogens with two attached hydrogens (primary N) is 2. The van der Waals surface area contributed by atoms with E-state index < -0.39 is 29.4 Å². The number of imide groups is 2. The van der Waals surface area contributed by atoms with Gasteiger partial charge in [-0.05, 0) is 76.9 Å². The molecular weight excluding hydrogens is 436 g/mol. The smallest absolute Gasteiger partial charge is 0.418 e. The number of hydrogen-bond acceptors (Lipinski definition) is 7. The van der Waals surface area contributed by atoms with Crippen LogP contribution in [0.15, 0.2) is 48.5 Å². The molecule has 184 valence electrons. The van der Waals surface area contributed by atoms with E-state index in [0.29, 0.717) is 22.5 Å². The van der Waals surface area contributed by atoms with Gasteiger partial charge in [-0.2, -0.15) is 0 Å². The zero-order chi connectivity index (χ0) is 25.7. The highest BCUT2D eigenvalue weighted by molar-refractivity contribution is 5.98. The van der Waals surface area contributed by atoms with Gasteiger partial charge in [-0.15, -0.1) is 0 Å². The highest BCUT2D eigenvalue weighted by Gasteiger charge is 2.36. The van der Waals surface area contributed by atoms with E-state index in [1.54, 1.807) is 90.1 Å². The van der Waals surface area contributed by atoms with Gasteiger partial charge in [0.05, 0.1) is 13.1 Å². The average Bonchev–Trinajstić information content (AvgIpc) is 2.67. The van der Waals surface area contributed by atoms with Gasteiger partial charge in [-0.25, -0.2) is 24.2 Å². The van der Waals surface area contributed by atoms with Crippen LogP contribution >= 0.6 is 0 Å². The Hall–Kier alpha value is -3.75. The maximum atomic E-state index is 13.7. The van der Waals surface area contributed by atoms with Crippen LogP contribution in [0.25, 0.3) is 0 Å². The van der Waals surface area contributed by atoms with Crippen molar-refractivity contribution in [1.82, 2.24) is 9.80 Å². The molecule has 2 rings (SSSR count). The minimum atomic E-state index is -0.902. The SMILES string of the molecule is CC(C)(C)OC(=O)N(Cc1cccc(N)c1)C(=O)N(Cc1cccc(N)c1)C(=O)OC(C)(C)C. The summed E-state index contributed by atoms with van der Waals surface area (Å²) in [5, 5.41) is 0. The molecule has 0 saturated heterocycles. The number of nitrogens with zero attached hydrogens (tertiary/aromatic N) is 2. The van der Waals surface area contributed by atoms with Gasteiger partial charge in [0.2, 0.25) is 0 Å². The zero-order valence-electron chi connectivity index (χ0n) is 20.6. The van der Waals surface area contributed by atoms with Crippen LogP contribution in [0.2, 0.25) is 0 Å². The third-order valence-corrected chi connectivity index (χ3v) is 4.27. The summed E-state index contributed by atoms with van der Waals surface area (Å²) in [6, 6.07) is 12.6. The van der Waals surface area contributed by atoms with Crippen LogP contribution < -0.4 is 11.5 Å². The van der Waals surface area contributed by atoms with Crippen LogP contribution in [-0.4, -0.2) is 39.2 Å². The Morgan fingerprint density at radius 3 is 1.35 bits per heavy atom. The molecule has 0 bridgehead atoms. The molecule has 9 nitrogen and oxygen atoms in total. The lowest BCUT2D eigenvalue weighted by atomic mass is 10.2. The van der Waals surface area contributed by atoms with E-state index in [1.807, 2.05) is 0 Å². The van der Waals surface area contributed by atoms with Gasteiger partial charge >= 0.3 is 18.2 Å². The van der Waals surface area contributed by atoms with Crippen LogP contribution in [0.3, 0.4) is 0 Å². The molecule has 0 aliphatic heterocycles. The van der Waals surface area contributed by atoms with Gasteiger partial charge in [0.1, 0.15) is 11.2 Å². The van der Waals surface area contributed by atoms with Crippen LogP contribution in [-0.2, 0) is 22.6 Å². The molecule has 34 heavy (non-hydrogen) atoms. The summed E-state index contributed by atoms with van der Waals surface area (Å²) in [4.78, 5) is 41.5. The first-order chi connectivity index (χ1) is 15.6. The quantitative estimate of drug-likeness (QED) is 0.592. The molecule has 0 spiro atoms. The Kier molecular flexibility index (Phi) is 8.15. The number of ether oxygens (including phenoxy) is 2. The van der Waals surface area contributed by atoms with E-state index in [9.17, 15) is 14.4 Å². The van der Waals surface area contributed by atoms with Gasteiger partial charge in [-0.1, -0.05) is 24.3 Å². The van der Waals surface area contributed by atoms with Gasteiger partial charge in [0, 0.05) is 11.4 Å². The molecule has 2 aromatic carbocycles. The summed E-state index contributed by atoms with van der Waals surface area (Å²) >= 11 is 0. The molecule has 4 amide bonds. The lowest BCUT2D eigenvalue weighted by molar-refractivity contribution is 0.0165. The number of nitrogen functional groups attached to an aromatic ring is 2. The Bertz CT molecular complexity index is 959. The van der Waals surface area contributed by atoms with E-state index in [4.69, 9.17) is 20.9 Å². The monoisotopic (exact) mass is 470 g/mol. The van der Waals surface area contributed by atoms with Crippen molar-refractivity contribution < 1.29 is 23.9 Å². The standard InChI is InChI=1S/C25H34N4O5/c1-24(2,3)33-22(31)28(15-17-9-7-11-19(26)13-17)21(30)29(23(32)34-25(4,5)6)16-18-10-8-12-20(27)14-18/h7-14H,15-16,26-27H2,1-6H3. The predicted octanol–water partition coefficient (Wildman–Crippen LogP) is 5.15. The maximum Gasteiger partial charge on any atom is 0.418 e.